The number of hydrogen-bond acceptors (Lipinski definition) is 21. The predicted molar refractivity (Wildman–Crippen MR) is 419 cm³/mol. The standard InChI is InChI=1S/C20H21BN4O3S.C18H23BN2O4S.C17H20BN3O5S.C17H22BN3O4S/c1-12-3-4-15(10-23-12)29(2,27)25-14-7-13(8-14)17-9-21(26)28-18-11-24-20-16(19(17)18)5-6-22-20;1-11(2)9-26(23,24)10-12-5-13(6-12)15-7-19(22)25-16-8-21-18-14(17(15)16)3-4-20-18;22-18-5-14(16-13-1-2-19-17(13)20-6-15(16)26-18)11-3-12(4-11)21-27(23,24)9-10-7-25-8-10;1-3-6-26(23,24)21-12-7-11(8-12)15-10(2)18(22)25-14-9-20-17-13(16(14)15)4-5-19-17/h3-6,9-11,13-14,26H,2,7-8H2,1H3,(H,22,24)(H,25,27);3-4,7-8,11-13,22H,5-6,9-10H2,1-2H3,(H,20,21);1-2,5-6,10-12,21-22H,3-4,7-9H2,(H,19,20);4-5,9,11-12,21-22H,3,6-8H2,1-2H3,(H,19,20). The Hall–Kier alpha value is -8.12. The van der Waals surface area contributed by atoms with Crippen molar-refractivity contribution in [2.45, 2.75) is 115 Å². The van der Waals surface area contributed by atoms with Crippen molar-refractivity contribution in [3.63, 3.8) is 0 Å². The molecule has 1 unspecified atom stereocenters. The van der Waals surface area contributed by atoms with E-state index >= 15 is 0 Å². The summed E-state index contributed by atoms with van der Waals surface area (Å²) in [4.78, 5) is 34.5. The Labute approximate surface area is 628 Å². The molecule has 9 aliphatic rings. The fourth-order valence-electron chi connectivity index (χ4n) is 16.3. The molecule has 5 fully saturated rings. The van der Waals surface area contributed by atoms with Gasteiger partial charge in [0.15, 0.2) is 9.84 Å². The first kappa shape index (κ1) is 75.3. The smallest absolute Gasteiger partial charge is 0.531 e. The number of allylic oxidation sites excluding steroid dienone is 5. The lowest BCUT2D eigenvalue weighted by Gasteiger charge is -2.40. The van der Waals surface area contributed by atoms with Gasteiger partial charge in [-0.25, -0.2) is 63.6 Å². The number of rotatable bonds is 19. The zero-order valence-corrected chi connectivity index (χ0v) is 63.6. The van der Waals surface area contributed by atoms with Crippen LogP contribution in [-0.4, -0.2) is 183 Å². The van der Waals surface area contributed by atoms with Gasteiger partial charge in [-0.15, -0.1) is 0 Å². The number of sulfonamides is 2. The highest BCUT2D eigenvalue weighted by atomic mass is 32.2. The van der Waals surface area contributed by atoms with E-state index in [-0.39, 0.29) is 82.6 Å². The summed E-state index contributed by atoms with van der Waals surface area (Å²) in [5.74, 6) is 13.5. The molecule has 36 heteroatoms. The second-order valence-electron chi connectivity index (χ2n) is 30.2. The zero-order valence-electron chi connectivity index (χ0n) is 60.3. The largest absolute Gasteiger partial charge is 0.555 e. The van der Waals surface area contributed by atoms with Gasteiger partial charge in [-0.1, -0.05) is 20.8 Å². The van der Waals surface area contributed by atoms with Crippen LogP contribution in [0.15, 0.2) is 120 Å². The van der Waals surface area contributed by atoms with Crippen molar-refractivity contribution < 1.29 is 72.9 Å². The molecule has 9 aromatic rings. The van der Waals surface area contributed by atoms with Crippen molar-refractivity contribution >= 4 is 140 Å². The van der Waals surface area contributed by atoms with E-state index < -0.39 is 68.1 Å². The highest BCUT2D eigenvalue weighted by Crippen LogP contribution is 2.52. The van der Waals surface area contributed by atoms with Gasteiger partial charge in [0.1, 0.15) is 45.6 Å². The molecule has 0 radical (unpaired) electrons. The quantitative estimate of drug-likeness (QED) is 0.0283. The van der Waals surface area contributed by atoms with Crippen molar-refractivity contribution in [1.29, 1.82) is 0 Å². The molecule has 0 amide bonds. The van der Waals surface area contributed by atoms with Crippen LogP contribution in [0, 0.1) is 48.3 Å². The maximum Gasteiger partial charge on any atom is 0.555 e. The molecule has 0 spiro atoms. The van der Waals surface area contributed by atoms with Gasteiger partial charge in [0.2, 0.25) is 20.0 Å². The minimum absolute atomic E-state index is 0.0520. The van der Waals surface area contributed by atoms with Crippen molar-refractivity contribution in [2.75, 3.05) is 36.2 Å². The summed E-state index contributed by atoms with van der Waals surface area (Å²) in [5, 5.41) is 44.3. The summed E-state index contributed by atoms with van der Waals surface area (Å²) in [6, 6.07) is 11.4. The van der Waals surface area contributed by atoms with E-state index in [1.54, 1.807) is 48.9 Å². The van der Waals surface area contributed by atoms with Gasteiger partial charge in [-0.05, 0) is 195 Å². The molecule has 11 N–H and O–H groups in total. The number of sulfone groups is 1. The van der Waals surface area contributed by atoms with Gasteiger partial charge in [0, 0.05) is 105 Å². The Morgan fingerprint density at radius 3 is 1.34 bits per heavy atom. The van der Waals surface area contributed by atoms with Crippen LogP contribution in [0.2, 0.25) is 0 Å². The number of aromatic nitrogens is 9. The van der Waals surface area contributed by atoms with E-state index in [4.69, 9.17) is 23.4 Å². The molecule has 566 valence electrons. The molecule has 5 aliphatic heterocycles. The molecule has 1 atom stereocenters. The molecule has 108 heavy (non-hydrogen) atoms. The van der Waals surface area contributed by atoms with Gasteiger partial charge >= 0.3 is 28.5 Å². The monoisotopic (exact) mass is 1550 g/mol. The highest BCUT2D eigenvalue weighted by Gasteiger charge is 2.45. The second kappa shape index (κ2) is 30.3. The third-order valence-electron chi connectivity index (χ3n) is 21.5. The van der Waals surface area contributed by atoms with Gasteiger partial charge in [0.25, 0.3) is 0 Å². The van der Waals surface area contributed by atoms with Crippen LogP contribution in [-0.2, 0) is 44.3 Å². The topological polar surface area (TPSA) is 410 Å². The van der Waals surface area contributed by atoms with Crippen LogP contribution in [0.4, 0.5) is 0 Å². The summed E-state index contributed by atoms with van der Waals surface area (Å²) < 4.78 is 122. The average molecular weight is 1550 g/mol. The SMILES string of the molecule is C=S(=O)(NC1CC(C2=CB(O)Oc3cnc4[nH]ccc4c32)C1)c1ccc(C)nc1.CC(C)CS(=O)(=O)CC1CC(C2=CB(O)Oc3cnc4[nH]ccc4c32)C1.CCCS(=O)(=O)NC1CC(C2=C(C)B(O)Oc3cnc4[nH]ccc4c32)C1.O=S(=O)(CC1COC1)NC1CC(C2=CB(O)Oc3cnc4[nH]ccc4c32)C1. The number of H-pyrrole nitrogens is 4. The lowest BCUT2D eigenvalue weighted by atomic mass is 9.64. The molecule has 9 aromatic heterocycles. The summed E-state index contributed by atoms with van der Waals surface area (Å²) in [6.45, 7) is 10.5. The second-order valence-corrected chi connectivity index (χ2v) is 38.1. The Kier molecular flexibility index (Phi) is 21.1. The van der Waals surface area contributed by atoms with Crippen LogP contribution in [0.1, 0.15) is 113 Å². The third-order valence-corrected chi connectivity index (χ3v) is 28.6. The molecule has 28 nitrogen and oxygen atoms in total. The number of pyridine rings is 5. The van der Waals surface area contributed by atoms with Crippen molar-refractivity contribution in [1.82, 2.24) is 59.0 Å². The van der Waals surface area contributed by atoms with Gasteiger partial charge in [-0.3, -0.25) is 4.98 Å². The fourth-order valence-corrected chi connectivity index (χ4v) is 22.8. The van der Waals surface area contributed by atoms with E-state index in [1.165, 1.54) is 0 Å². The van der Waals surface area contributed by atoms with Crippen molar-refractivity contribution in [3.8, 4) is 23.0 Å². The molecule has 0 aromatic carbocycles. The summed E-state index contributed by atoms with van der Waals surface area (Å²) in [7, 11) is -16.1. The van der Waals surface area contributed by atoms with Crippen LogP contribution in [0.3, 0.4) is 0 Å². The van der Waals surface area contributed by atoms with Crippen LogP contribution < -0.4 is 32.8 Å². The van der Waals surface area contributed by atoms with Gasteiger partial charge < -0.3 is 63.4 Å². The number of nitrogens with zero attached hydrogens (tertiary/aromatic N) is 5. The summed E-state index contributed by atoms with van der Waals surface area (Å²) in [6.07, 6.45) is 22.2. The fraction of sp³-hybridized carbons (Fsp3) is 0.417. The first-order valence-electron chi connectivity index (χ1n) is 36.6. The average Bonchev–Trinajstić information content (AvgIpc) is 1.61. The number of ether oxygens (including phenoxy) is 1. The molecule has 14 heterocycles. The van der Waals surface area contributed by atoms with Gasteiger partial charge in [-0.2, -0.15) is 0 Å². The maximum atomic E-state index is 13.0. The van der Waals surface area contributed by atoms with Crippen LogP contribution in [0.25, 0.3) is 66.4 Å². The molecular formula is C72H86B4N12O16S4. The lowest BCUT2D eigenvalue weighted by molar-refractivity contribution is -0.0205. The van der Waals surface area contributed by atoms with Gasteiger partial charge in [0.05, 0.1) is 75.6 Å². The van der Waals surface area contributed by atoms with Crippen LogP contribution >= 0.6 is 0 Å². The van der Waals surface area contributed by atoms with Crippen molar-refractivity contribution in [3.05, 3.63) is 144 Å². The molecule has 1 saturated heterocycles. The lowest BCUT2D eigenvalue weighted by Crippen LogP contribution is -2.48. The van der Waals surface area contributed by atoms with E-state index in [0.717, 1.165) is 138 Å². The van der Waals surface area contributed by atoms with E-state index in [1.807, 2.05) is 95.8 Å². The Bertz CT molecular complexity index is 5510. The number of nitrogens with one attached hydrogen (secondary N) is 7. The maximum absolute atomic E-state index is 13.0. The zero-order chi connectivity index (χ0) is 75.7. The Morgan fingerprint density at radius 1 is 0.509 bits per heavy atom. The Balaban J connectivity index is 0.000000115. The normalized spacial score (nSPS) is 23.5. The minimum Gasteiger partial charge on any atom is -0.531 e. The summed E-state index contributed by atoms with van der Waals surface area (Å²) >= 11 is 0. The Morgan fingerprint density at radius 2 is 0.926 bits per heavy atom. The minimum atomic E-state index is -3.29. The molecule has 18 rings (SSSR count). The van der Waals surface area contributed by atoms with Crippen molar-refractivity contribution in [2.24, 2.45) is 41.4 Å². The molecular weight excluding hydrogens is 1460 g/mol. The number of fused-ring (bicyclic) bond motifs is 12. The highest BCUT2D eigenvalue weighted by molar-refractivity contribution is 7.98. The first-order valence-corrected chi connectivity index (χ1v) is 43.4. The van der Waals surface area contributed by atoms with E-state index in [0.29, 0.717) is 60.4 Å². The number of aromatic amines is 4. The van der Waals surface area contributed by atoms with E-state index in [9.17, 15) is 49.6 Å². The molecule has 4 saturated carbocycles. The predicted octanol–water partition coefficient (Wildman–Crippen LogP) is 7.14. The molecule has 4 aliphatic carbocycles. The summed E-state index contributed by atoms with van der Waals surface area (Å²) in [5.41, 5.74) is 12.7. The van der Waals surface area contributed by atoms with E-state index in [2.05, 4.69) is 64.9 Å². The number of aryl methyl sites for hydroxylation is 1. The van der Waals surface area contributed by atoms with Crippen LogP contribution in [0.5, 0.6) is 23.0 Å². The third kappa shape index (κ3) is 16.0. The number of hydrogen-bond donors (Lipinski definition) is 11. The molecule has 0 bridgehead atoms. The first-order chi connectivity index (χ1) is 51.6.